The molecule has 0 bridgehead atoms. The largest absolute Gasteiger partial charge is 0.339 e. The zero-order valence-electron chi connectivity index (χ0n) is 15.0. The molecule has 1 aliphatic rings. The highest BCUT2D eigenvalue weighted by Crippen LogP contribution is 2.20. The molecule has 1 N–H and O–H groups in total. The molecule has 26 heavy (non-hydrogen) atoms. The van der Waals surface area contributed by atoms with Crippen LogP contribution >= 0.6 is 0 Å². The summed E-state index contributed by atoms with van der Waals surface area (Å²) in [5.74, 6) is -0.0980. The van der Waals surface area contributed by atoms with E-state index in [2.05, 4.69) is 16.5 Å². The molecule has 3 rings (SSSR count). The van der Waals surface area contributed by atoms with Gasteiger partial charge in [-0.1, -0.05) is 37.6 Å². The number of unbranched alkanes of at least 4 members (excludes halogenated alkanes) is 1. The van der Waals surface area contributed by atoms with Gasteiger partial charge in [0, 0.05) is 31.3 Å². The van der Waals surface area contributed by atoms with E-state index >= 15 is 0 Å². The smallest absolute Gasteiger partial charge is 0.317 e. The van der Waals surface area contributed by atoms with Crippen LogP contribution in [0.3, 0.4) is 0 Å². The Bertz CT molecular complexity index is 763. The summed E-state index contributed by atoms with van der Waals surface area (Å²) in [6, 6.07) is 13.7. The van der Waals surface area contributed by atoms with Gasteiger partial charge in [0.2, 0.25) is 5.91 Å². The molecule has 0 atom stereocenters. The first kappa shape index (κ1) is 17.9. The van der Waals surface area contributed by atoms with Crippen LogP contribution in [-0.2, 0) is 11.3 Å². The zero-order chi connectivity index (χ0) is 18.4. The van der Waals surface area contributed by atoms with E-state index in [4.69, 9.17) is 0 Å². The van der Waals surface area contributed by atoms with Crippen molar-refractivity contribution in [3.8, 4) is 11.3 Å². The van der Waals surface area contributed by atoms with Gasteiger partial charge in [-0.05, 0) is 30.2 Å². The number of amides is 3. The lowest BCUT2D eigenvalue weighted by Gasteiger charge is -2.19. The zero-order valence-corrected chi connectivity index (χ0v) is 15.0. The van der Waals surface area contributed by atoms with Crippen molar-refractivity contribution in [2.24, 2.45) is 0 Å². The van der Waals surface area contributed by atoms with Crippen LogP contribution in [0.4, 0.5) is 4.79 Å². The Labute approximate surface area is 153 Å². The van der Waals surface area contributed by atoms with Crippen LogP contribution in [-0.4, -0.2) is 39.9 Å². The average Bonchev–Trinajstić information content (AvgIpc) is 3.01. The van der Waals surface area contributed by atoms with Crippen LogP contribution < -0.4 is 5.43 Å². The fourth-order valence-electron chi connectivity index (χ4n) is 2.96. The van der Waals surface area contributed by atoms with Gasteiger partial charge in [0.25, 0.3) is 0 Å². The minimum Gasteiger partial charge on any atom is -0.317 e. The Morgan fingerprint density at radius 3 is 2.85 bits per heavy atom. The minimum absolute atomic E-state index is 0.0980. The third-order valence-corrected chi connectivity index (χ3v) is 4.37. The number of rotatable bonds is 7. The topological polar surface area (TPSA) is 65.5 Å². The normalized spacial score (nSPS) is 14.0. The maximum atomic E-state index is 12.5. The lowest BCUT2D eigenvalue weighted by molar-refractivity contribution is -0.124. The van der Waals surface area contributed by atoms with E-state index in [-0.39, 0.29) is 11.9 Å². The van der Waals surface area contributed by atoms with Gasteiger partial charge in [0.15, 0.2) is 0 Å². The van der Waals surface area contributed by atoms with Gasteiger partial charge in [-0.3, -0.25) is 15.2 Å². The van der Waals surface area contributed by atoms with Crippen molar-refractivity contribution in [2.75, 3.05) is 13.1 Å². The molecule has 6 nitrogen and oxygen atoms in total. The molecule has 1 aliphatic heterocycles. The van der Waals surface area contributed by atoms with Crippen LogP contribution in [0.2, 0.25) is 0 Å². The standard InChI is InChI=1S/C20H24N4O2/c1-2-3-10-19(25)22-24-13-12-23(20(24)26)15-16-7-6-8-17(14-16)18-9-4-5-11-21-18/h4-9,11,14H,2-3,10,12-13,15H2,1H3,(H,22,25). The van der Waals surface area contributed by atoms with Crippen LogP contribution in [0.1, 0.15) is 31.7 Å². The maximum Gasteiger partial charge on any atom is 0.339 e. The van der Waals surface area contributed by atoms with Crippen molar-refractivity contribution in [3.63, 3.8) is 0 Å². The second-order valence-electron chi connectivity index (χ2n) is 6.41. The quantitative estimate of drug-likeness (QED) is 0.832. The highest BCUT2D eigenvalue weighted by atomic mass is 16.2. The fraction of sp³-hybridized carbons (Fsp3) is 0.350. The van der Waals surface area contributed by atoms with E-state index in [1.165, 1.54) is 5.01 Å². The second kappa shape index (κ2) is 8.47. The molecular weight excluding hydrogens is 328 g/mol. The van der Waals surface area contributed by atoms with E-state index in [0.717, 1.165) is 29.7 Å². The first-order chi connectivity index (χ1) is 12.7. The number of aromatic nitrogens is 1. The van der Waals surface area contributed by atoms with Gasteiger partial charge in [0.05, 0.1) is 12.2 Å². The number of pyridine rings is 1. The van der Waals surface area contributed by atoms with E-state index in [0.29, 0.717) is 26.1 Å². The summed E-state index contributed by atoms with van der Waals surface area (Å²) in [5.41, 5.74) is 5.69. The first-order valence-corrected chi connectivity index (χ1v) is 9.03. The predicted octanol–water partition coefficient (Wildman–Crippen LogP) is 3.21. The Hall–Kier alpha value is -2.89. The molecular formula is C20H24N4O2. The Kier molecular flexibility index (Phi) is 5.84. The molecule has 1 saturated heterocycles. The van der Waals surface area contributed by atoms with Crippen molar-refractivity contribution in [1.29, 1.82) is 0 Å². The fourth-order valence-corrected chi connectivity index (χ4v) is 2.96. The van der Waals surface area contributed by atoms with Crippen molar-refractivity contribution < 1.29 is 9.59 Å². The van der Waals surface area contributed by atoms with Gasteiger partial charge in [-0.15, -0.1) is 0 Å². The molecule has 0 unspecified atom stereocenters. The van der Waals surface area contributed by atoms with E-state index in [1.807, 2.05) is 43.3 Å². The highest BCUT2D eigenvalue weighted by molar-refractivity contribution is 5.82. The molecule has 0 spiro atoms. The molecule has 2 aromatic rings. The molecule has 1 fully saturated rings. The first-order valence-electron chi connectivity index (χ1n) is 9.03. The van der Waals surface area contributed by atoms with Crippen LogP contribution in [0, 0.1) is 0 Å². The third kappa shape index (κ3) is 4.39. The molecule has 2 heterocycles. The summed E-state index contributed by atoms with van der Waals surface area (Å²) >= 11 is 0. The van der Waals surface area contributed by atoms with Crippen molar-refractivity contribution in [3.05, 3.63) is 54.2 Å². The lowest BCUT2D eigenvalue weighted by Crippen LogP contribution is -2.44. The highest BCUT2D eigenvalue weighted by Gasteiger charge is 2.29. The van der Waals surface area contributed by atoms with E-state index in [1.54, 1.807) is 11.1 Å². The molecule has 0 radical (unpaired) electrons. The molecule has 1 aromatic heterocycles. The molecule has 0 saturated carbocycles. The molecule has 136 valence electrons. The molecule has 6 heteroatoms. The Morgan fingerprint density at radius 1 is 1.19 bits per heavy atom. The van der Waals surface area contributed by atoms with Gasteiger partial charge >= 0.3 is 6.03 Å². The van der Waals surface area contributed by atoms with Crippen LogP contribution in [0.15, 0.2) is 48.7 Å². The molecule has 0 aliphatic carbocycles. The second-order valence-corrected chi connectivity index (χ2v) is 6.41. The number of hydrazine groups is 1. The van der Waals surface area contributed by atoms with E-state index < -0.39 is 0 Å². The SMILES string of the molecule is CCCCC(=O)NN1CCN(Cc2cccc(-c3ccccn3)c2)C1=O. The number of hydrogen-bond donors (Lipinski definition) is 1. The van der Waals surface area contributed by atoms with Crippen molar-refractivity contribution in [2.45, 2.75) is 32.7 Å². The average molecular weight is 352 g/mol. The molecule has 1 aromatic carbocycles. The number of nitrogens with one attached hydrogen (secondary N) is 1. The summed E-state index contributed by atoms with van der Waals surface area (Å²) in [7, 11) is 0. The summed E-state index contributed by atoms with van der Waals surface area (Å²) in [4.78, 5) is 30.5. The number of urea groups is 1. The van der Waals surface area contributed by atoms with Crippen LogP contribution in [0.5, 0.6) is 0 Å². The maximum absolute atomic E-state index is 12.5. The van der Waals surface area contributed by atoms with Gasteiger partial charge in [-0.25, -0.2) is 9.80 Å². The number of benzene rings is 1. The number of nitrogens with zero attached hydrogens (tertiary/aromatic N) is 3. The summed E-state index contributed by atoms with van der Waals surface area (Å²) in [5, 5.41) is 1.42. The van der Waals surface area contributed by atoms with Gasteiger partial charge in [0.1, 0.15) is 0 Å². The monoisotopic (exact) mass is 352 g/mol. The minimum atomic E-state index is -0.155. The predicted molar refractivity (Wildman–Crippen MR) is 99.9 cm³/mol. The summed E-state index contributed by atoms with van der Waals surface area (Å²) < 4.78 is 0. The molecule has 3 amide bonds. The van der Waals surface area contributed by atoms with Gasteiger partial charge < -0.3 is 4.90 Å². The van der Waals surface area contributed by atoms with Crippen molar-refractivity contribution >= 4 is 11.9 Å². The third-order valence-electron chi connectivity index (χ3n) is 4.37. The number of carbonyl (C=O) groups excluding carboxylic acids is 2. The number of carbonyl (C=O) groups is 2. The Morgan fingerprint density at radius 2 is 2.08 bits per heavy atom. The van der Waals surface area contributed by atoms with Crippen LogP contribution in [0.25, 0.3) is 11.3 Å². The summed E-state index contributed by atoms with van der Waals surface area (Å²) in [6.07, 6.45) is 4.01. The van der Waals surface area contributed by atoms with Crippen molar-refractivity contribution in [1.82, 2.24) is 20.3 Å². The summed E-state index contributed by atoms with van der Waals surface area (Å²) in [6.45, 7) is 3.66. The number of hydrogen-bond acceptors (Lipinski definition) is 3. The van der Waals surface area contributed by atoms with E-state index in [9.17, 15) is 9.59 Å². The van der Waals surface area contributed by atoms with Gasteiger partial charge in [-0.2, -0.15) is 0 Å². The lowest BCUT2D eigenvalue weighted by atomic mass is 10.1. The Balaban J connectivity index is 1.61.